The Hall–Kier alpha value is -7.62. The first kappa shape index (κ1) is 52.3. The minimum absolute atomic E-state index is 0.103. The van der Waals surface area contributed by atoms with Crippen LogP contribution in [0.15, 0.2) is 152 Å². The molecule has 2 aromatic heterocycles. The highest BCUT2D eigenvalue weighted by Crippen LogP contribution is 2.47. The standard InChI is InChI=1S/C69H71FN4O/c1-65(2,3)47-26-30-60(54(38-47)42-21-18-17-19-22-42)74-61-24-20-23-53(62(61)73-64(74)55-39-49(67(7,8)9)40-57(63(55)75)69(13,14)15)45-33-46(35-48(34-45)66(4,5)6)59-37-44(31-32-72-59)51-28-25-43(36-56(51)68(10,11)12)52-29-27-50(71-16)41-58(52)70/h17-41,75H,1-15H3. The maximum atomic E-state index is 15.4. The molecule has 9 aromatic rings. The van der Waals surface area contributed by atoms with Gasteiger partial charge >= 0.3 is 0 Å². The van der Waals surface area contributed by atoms with Crippen LogP contribution in [0.3, 0.4) is 0 Å². The molecule has 0 atom stereocenters. The van der Waals surface area contributed by atoms with Gasteiger partial charge in [0.2, 0.25) is 0 Å². The summed E-state index contributed by atoms with van der Waals surface area (Å²) < 4.78 is 17.7. The van der Waals surface area contributed by atoms with Crippen LogP contribution in [0.1, 0.15) is 132 Å². The van der Waals surface area contributed by atoms with Gasteiger partial charge in [-0.05, 0) is 138 Å². The monoisotopic (exact) mass is 991 g/mol. The van der Waals surface area contributed by atoms with Crippen molar-refractivity contribution in [3.8, 4) is 78.6 Å². The highest BCUT2D eigenvalue weighted by atomic mass is 19.1. The molecule has 6 heteroatoms. The van der Waals surface area contributed by atoms with E-state index in [4.69, 9.17) is 16.5 Å². The average molecular weight is 991 g/mol. The van der Waals surface area contributed by atoms with Crippen LogP contribution in [0.4, 0.5) is 10.1 Å². The largest absolute Gasteiger partial charge is 0.507 e. The van der Waals surface area contributed by atoms with Gasteiger partial charge in [0, 0.05) is 34.0 Å². The third kappa shape index (κ3) is 10.3. The summed E-state index contributed by atoms with van der Waals surface area (Å²) in [6.07, 6.45) is 1.88. The number of aromatic hydroxyl groups is 1. The van der Waals surface area contributed by atoms with Gasteiger partial charge in [-0.2, -0.15) is 0 Å². The fourth-order valence-corrected chi connectivity index (χ4v) is 10.1. The molecule has 0 aliphatic heterocycles. The Morgan fingerprint density at radius 1 is 0.467 bits per heavy atom. The van der Waals surface area contributed by atoms with Gasteiger partial charge < -0.3 is 5.11 Å². The van der Waals surface area contributed by atoms with E-state index in [2.05, 4.69) is 235 Å². The average Bonchev–Trinajstić information content (AvgIpc) is 3.74. The van der Waals surface area contributed by atoms with Crippen LogP contribution >= 0.6 is 0 Å². The van der Waals surface area contributed by atoms with Gasteiger partial charge in [-0.15, -0.1) is 0 Å². The van der Waals surface area contributed by atoms with E-state index in [1.54, 1.807) is 12.1 Å². The van der Waals surface area contributed by atoms with Crippen LogP contribution in [-0.4, -0.2) is 19.6 Å². The SMILES string of the molecule is [C-]#[N+]c1ccc(-c2ccc(-c3ccnc(-c4cc(-c5cccc6c5nc(-c5cc(C(C)(C)C)cc(C(C)(C)C)c5O)n6-c5ccc(C(C)(C)C)cc5-c5ccccc5)cc(C(C)(C)C)c4)c3)c(C(C)(C)C)c2)c(F)c1. The van der Waals surface area contributed by atoms with Crippen LogP contribution in [0.5, 0.6) is 5.75 Å². The smallest absolute Gasteiger partial charge is 0.190 e. The van der Waals surface area contributed by atoms with Gasteiger partial charge in [0.15, 0.2) is 5.69 Å². The highest BCUT2D eigenvalue weighted by Gasteiger charge is 2.30. The highest BCUT2D eigenvalue weighted by molar-refractivity contribution is 5.98. The van der Waals surface area contributed by atoms with Crippen LogP contribution in [0.25, 0.3) is 88.7 Å². The van der Waals surface area contributed by atoms with E-state index in [9.17, 15) is 5.11 Å². The summed E-state index contributed by atoms with van der Waals surface area (Å²) in [5.74, 6) is 0.484. The van der Waals surface area contributed by atoms with Gasteiger partial charge in [0.05, 0.1) is 34.6 Å². The van der Waals surface area contributed by atoms with Crippen LogP contribution in [-0.2, 0) is 27.1 Å². The predicted octanol–water partition coefficient (Wildman–Crippen LogP) is 19.3. The van der Waals surface area contributed by atoms with Crippen LogP contribution < -0.4 is 0 Å². The molecule has 0 unspecified atom stereocenters. The number of hydrogen-bond donors (Lipinski definition) is 1. The number of pyridine rings is 1. The van der Waals surface area contributed by atoms with Crippen LogP contribution in [0, 0.1) is 12.4 Å². The number of aromatic nitrogens is 3. The van der Waals surface area contributed by atoms with E-state index < -0.39 is 5.82 Å². The second-order valence-electron chi connectivity index (χ2n) is 25.5. The van der Waals surface area contributed by atoms with Crippen molar-refractivity contribution in [2.24, 2.45) is 0 Å². The van der Waals surface area contributed by atoms with Gasteiger partial charge in [-0.3, -0.25) is 9.55 Å². The third-order valence-corrected chi connectivity index (χ3v) is 14.6. The number of imidazole rings is 1. The Morgan fingerprint density at radius 3 is 1.73 bits per heavy atom. The Morgan fingerprint density at radius 2 is 1.09 bits per heavy atom. The molecule has 380 valence electrons. The fourth-order valence-electron chi connectivity index (χ4n) is 10.1. The van der Waals surface area contributed by atoms with Crippen molar-refractivity contribution in [3.05, 3.63) is 197 Å². The van der Waals surface area contributed by atoms with Gasteiger partial charge in [0.25, 0.3) is 0 Å². The summed E-state index contributed by atoms with van der Waals surface area (Å²) in [6.45, 7) is 40.5. The van der Waals surface area contributed by atoms with Crippen molar-refractivity contribution in [2.75, 3.05) is 0 Å². The fraction of sp³-hybridized carbons (Fsp3) is 0.290. The van der Waals surface area contributed by atoms with Gasteiger partial charge in [0.1, 0.15) is 17.4 Å². The van der Waals surface area contributed by atoms with Gasteiger partial charge in [-0.25, -0.2) is 14.2 Å². The summed E-state index contributed by atoms with van der Waals surface area (Å²) in [6, 6.07) is 50.0. The molecule has 7 aromatic carbocycles. The zero-order valence-corrected chi connectivity index (χ0v) is 46.5. The summed E-state index contributed by atoms with van der Waals surface area (Å²) in [7, 11) is 0. The zero-order chi connectivity index (χ0) is 54.2. The first-order valence-electron chi connectivity index (χ1n) is 26.2. The topological polar surface area (TPSA) is 55.3 Å². The molecule has 5 nitrogen and oxygen atoms in total. The van der Waals surface area contributed by atoms with Crippen LogP contribution in [0.2, 0.25) is 0 Å². The molecule has 0 radical (unpaired) electrons. The quantitative estimate of drug-likeness (QED) is 0.162. The second kappa shape index (κ2) is 18.9. The number of rotatable bonds is 7. The van der Waals surface area contributed by atoms with Crippen molar-refractivity contribution >= 4 is 16.7 Å². The Labute approximate surface area is 445 Å². The van der Waals surface area contributed by atoms with Crippen molar-refractivity contribution in [1.29, 1.82) is 0 Å². The first-order valence-corrected chi connectivity index (χ1v) is 26.2. The minimum atomic E-state index is -0.412. The molecule has 0 amide bonds. The number of hydrogen-bond acceptors (Lipinski definition) is 3. The molecule has 1 N–H and O–H groups in total. The van der Waals surface area contributed by atoms with E-state index in [1.807, 2.05) is 12.3 Å². The number of nitrogens with zero attached hydrogens (tertiary/aromatic N) is 4. The van der Waals surface area contributed by atoms with Crippen molar-refractivity contribution in [1.82, 2.24) is 14.5 Å². The molecule has 75 heavy (non-hydrogen) atoms. The molecule has 0 fully saturated rings. The van der Waals surface area contributed by atoms with E-state index in [1.165, 1.54) is 11.6 Å². The molecule has 0 spiro atoms. The number of halogens is 1. The van der Waals surface area contributed by atoms with Crippen molar-refractivity contribution < 1.29 is 9.50 Å². The Kier molecular flexibility index (Phi) is 13.2. The maximum absolute atomic E-state index is 15.4. The molecule has 0 aliphatic rings. The molecule has 0 saturated carbocycles. The van der Waals surface area contributed by atoms with E-state index in [-0.39, 0.29) is 38.5 Å². The van der Waals surface area contributed by atoms with Crippen molar-refractivity contribution in [3.63, 3.8) is 0 Å². The first-order chi connectivity index (χ1) is 35.1. The molecule has 0 aliphatic carbocycles. The van der Waals surface area contributed by atoms with Crippen molar-refractivity contribution in [2.45, 2.75) is 131 Å². The number of fused-ring (bicyclic) bond motifs is 1. The molecule has 0 bridgehead atoms. The van der Waals surface area contributed by atoms with Gasteiger partial charge in [-0.1, -0.05) is 189 Å². The summed E-state index contributed by atoms with van der Waals surface area (Å²) in [5.41, 5.74) is 17.2. The van der Waals surface area contributed by atoms with E-state index in [0.717, 1.165) is 89.2 Å². The number of para-hydroxylation sites is 1. The Bertz CT molecular complexity index is 3700. The molecule has 2 heterocycles. The molecule has 9 rings (SSSR count). The normalized spacial score (nSPS) is 12.6. The zero-order valence-electron chi connectivity index (χ0n) is 46.5. The second-order valence-corrected chi connectivity index (χ2v) is 25.5. The summed E-state index contributed by atoms with van der Waals surface area (Å²) in [4.78, 5) is 14.2. The molecule has 0 saturated heterocycles. The predicted molar refractivity (Wildman–Crippen MR) is 313 cm³/mol. The lowest BCUT2D eigenvalue weighted by Crippen LogP contribution is -2.17. The lowest BCUT2D eigenvalue weighted by atomic mass is 9.79. The number of phenolic OH excluding ortho intramolecular Hbond substituents is 1. The minimum Gasteiger partial charge on any atom is -0.507 e. The lowest BCUT2D eigenvalue weighted by molar-refractivity contribution is 0.446. The van der Waals surface area contributed by atoms with E-state index >= 15 is 4.39 Å². The summed E-state index contributed by atoms with van der Waals surface area (Å²) >= 11 is 0. The summed E-state index contributed by atoms with van der Waals surface area (Å²) in [5, 5.41) is 12.7. The maximum Gasteiger partial charge on any atom is 0.190 e. The molecular weight excluding hydrogens is 920 g/mol. The number of benzene rings is 7. The lowest BCUT2D eigenvalue weighted by Gasteiger charge is -2.28. The van der Waals surface area contributed by atoms with E-state index in [0.29, 0.717) is 17.0 Å². The Balaban J connectivity index is 1.29. The molecular formula is C69H71FN4O. The third-order valence-electron chi connectivity index (χ3n) is 14.6. The number of phenols is 1.